The van der Waals surface area contributed by atoms with E-state index in [0.717, 1.165) is 18.7 Å². The lowest BCUT2D eigenvalue weighted by molar-refractivity contribution is -0.126. The van der Waals surface area contributed by atoms with Crippen LogP contribution in [0.2, 0.25) is 0 Å². The molecule has 12 heavy (non-hydrogen) atoms. The fourth-order valence-corrected chi connectivity index (χ4v) is 1.73. The average Bonchev–Trinajstić information content (AvgIpc) is 2.29. The largest absolute Gasteiger partial charge is 0.381 e. The first-order valence-electron chi connectivity index (χ1n) is 4.19. The summed E-state index contributed by atoms with van der Waals surface area (Å²) in [4.78, 5) is 15.8. The van der Waals surface area contributed by atoms with Gasteiger partial charge >= 0.3 is 0 Å². The fourth-order valence-electron chi connectivity index (χ4n) is 1.73. The highest BCUT2D eigenvalue weighted by molar-refractivity contribution is 6.07. The summed E-state index contributed by atoms with van der Waals surface area (Å²) in [6, 6.07) is 0. The molecule has 4 heteroatoms. The molecule has 0 radical (unpaired) electrons. The number of nitrogens with zero attached hydrogens (tertiary/aromatic N) is 1. The first kappa shape index (κ1) is 7.73. The van der Waals surface area contributed by atoms with E-state index in [2.05, 4.69) is 10.3 Å². The van der Waals surface area contributed by atoms with Crippen LogP contribution < -0.4 is 5.32 Å². The quantitative estimate of drug-likeness (QED) is 0.557. The Balaban J connectivity index is 2.23. The summed E-state index contributed by atoms with van der Waals surface area (Å²) < 4.78 is 5.19. The van der Waals surface area contributed by atoms with Crippen LogP contribution in [-0.4, -0.2) is 30.5 Å². The Kier molecular flexibility index (Phi) is 1.65. The lowest BCUT2D eigenvalue weighted by Crippen LogP contribution is -2.43. The fraction of sp³-hybridized carbons (Fsp3) is 0.750. The van der Waals surface area contributed by atoms with Crippen molar-refractivity contribution in [2.75, 3.05) is 13.2 Å². The molecule has 2 rings (SSSR count). The molecule has 1 N–H and O–H groups in total. The smallest absolute Gasteiger partial charge is 0.253 e. The lowest BCUT2D eigenvalue weighted by Gasteiger charge is -2.27. The molecule has 2 heterocycles. The van der Waals surface area contributed by atoms with Crippen LogP contribution in [0.15, 0.2) is 4.99 Å². The zero-order valence-corrected chi connectivity index (χ0v) is 7.09. The van der Waals surface area contributed by atoms with Crippen LogP contribution in [0.5, 0.6) is 0 Å². The van der Waals surface area contributed by atoms with Gasteiger partial charge < -0.3 is 10.1 Å². The minimum Gasteiger partial charge on any atom is -0.381 e. The first-order chi connectivity index (χ1) is 5.73. The van der Waals surface area contributed by atoms with Gasteiger partial charge in [0, 0.05) is 26.1 Å². The molecule has 0 bridgehead atoms. The Bertz CT molecular complexity index is 241. The highest BCUT2D eigenvalue weighted by atomic mass is 16.5. The summed E-state index contributed by atoms with van der Waals surface area (Å²) >= 11 is 0. The molecule has 1 amide bonds. The van der Waals surface area contributed by atoms with Crippen LogP contribution in [0, 0.1) is 0 Å². The summed E-state index contributed by atoms with van der Waals surface area (Å²) in [7, 11) is 0. The summed E-state index contributed by atoms with van der Waals surface area (Å²) in [5.74, 6) is 0.783. The molecule has 1 fully saturated rings. The number of ether oxygens (including phenoxy) is 1. The lowest BCUT2D eigenvalue weighted by atomic mass is 9.91. The van der Waals surface area contributed by atoms with Crippen molar-refractivity contribution < 1.29 is 9.53 Å². The molecule has 1 saturated heterocycles. The molecule has 0 aromatic carbocycles. The SMILES string of the molecule is CC1=NC2(CCOCC2)C(=O)N1. The number of carbonyl (C=O) groups is 1. The van der Waals surface area contributed by atoms with Crippen LogP contribution in [0.4, 0.5) is 0 Å². The van der Waals surface area contributed by atoms with Crippen molar-refractivity contribution in [1.29, 1.82) is 0 Å². The summed E-state index contributed by atoms with van der Waals surface area (Å²) in [6.45, 7) is 3.11. The van der Waals surface area contributed by atoms with Gasteiger partial charge in [0.2, 0.25) is 0 Å². The number of hydrogen-bond acceptors (Lipinski definition) is 3. The topological polar surface area (TPSA) is 50.7 Å². The number of aliphatic imine (C=N–C) groups is 1. The number of carbonyl (C=O) groups excluding carboxylic acids is 1. The van der Waals surface area contributed by atoms with Crippen molar-refractivity contribution in [1.82, 2.24) is 5.32 Å². The second-order valence-corrected chi connectivity index (χ2v) is 3.30. The predicted molar refractivity (Wildman–Crippen MR) is 44.0 cm³/mol. The molecule has 0 aromatic heterocycles. The van der Waals surface area contributed by atoms with Crippen LogP contribution in [-0.2, 0) is 9.53 Å². The molecule has 4 nitrogen and oxygen atoms in total. The second-order valence-electron chi connectivity index (χ2n) is 3.30. The Hall–Kier alpha value is -0.900. The van der Waals surface area contributed by atoms with Gasteiger partial charge in [0.25, 0.3) is 5.91 Å². The molecule has 66 valence electrons. The maximum atomic E-state index is 11.5. The van der Waals surface area contributed by atoms with Gasteiger partial charge in [0.1, 0.15) is 11.4 Å². The van der Waals surface area contributed by atoms with Crippen molar-refractivity contribution in [3.63, 3.8) is 0 Å². The summed E-state index contributed by atoms with van der Waals surface area (Å²) in [6.07, 6.45) is 1.44. The molecule has 2 aliphatic heterocycles. The molecule has 0 saturated carbocycles. The van der Waals surface area contributed by atoms with E-state index in [0.29, 0.717) is 13.2 Å². The molecule has 0 atom stereocenters. The number of rotatable bonds is 0. The Labute approximate surface area is 71.0 Å². The van der Waals surface area contributed by atoms with Crippen LogP contribution in [0.1, 0.15) is 19.8 Å². The van der Waals surface area contributed by atoms with Gasteiger partial charge in [-0.05, 0) is 6.92 Å². The van der Waals surface area contributed by atoms with E-state index >= 15 is 0 Å². The van der Waals surface area contributed by atoms with Crippen LogP contribution >= 0.6 is 0 Å². The Morgan fingerprint density at radius 2 is 2.17 bits per heavy atom. The van der Waals surface area contributed by atoms with Gasteiger partial charge in [0.15, 0.2) is 0 Å². The monoisotopic (exact) mass is 168 g/mol. The maximum absolute atomic E-state index is 11.5. The highest BCUT2D eigenvalue weighted by Crippen LogP contribution is 2.28. The van der Waals surface area contributed by atoms with E-state index in [1.807, 2.05) is 6.92 Å². The normalized spacial score (nSPS) is 27.1. The molecule has 0 aliphatic carbocycles. The third kappa shape index (κ3) is 1.03. The third-order valence-electron chi connectivity index (χ3n) is 2.42. The van der Waals surface area contributed by atoms with E-state index in [1.165, 1.54) is 0 Å². The van der Waals surface area contributed by atoms with Crippen molar-refractivity contribution in [3.05, 3.63) is 0 Å². The Morgan fingerprint density at radius 3 is 2.67 bits per heavy atom. The molecule has 0 unspecified atom stereocenters. The molecular formula is C8H12N2O2. The summed E-state index contributed by atoms with van der Waals surface area (Å²) in [5, 5.41) is 2.73. The van der Waals surface area contributed by atoms with Crippen molar-refractivity contribution in [2.24, 2.45) is 4.99 Å². The van der Waals surface area contributed by atoms with Crippen molar-refractivity contribution in [2.45, 2.75) is 25.3 Å². The van der Waals surface area contributed by atoms with Gasteiger partial charge in [-0.2, -0.15) is 0 Å². The van der Waals surface area contributed by atoms with Gasteiger partial charge in [0.05, 0.1) is 0 Å². The van der Waals surface area contributed by atoms with E-state index < -0.39 is 5.54 Å². The first-order valence-corrected chi connectivity index (χ1v) is 4.19. The predicted octanol–water partition coefficient (Wildman–Crippen LogP) is 0.0838. The summed E-state index contributed by atoms with van der Waals surface area (Å²) in [5.41, 5.74) is -0.484. The molecule has 2 aliphatic rings. The van der Waals surface area contributed by atoms with Gasteiger partial charge in [-0.1, -0.05) is 0 Å². The molecular weight excluding hydrogens is 156 g/mol. The number of nitrogens with one attached hydrogen (secondary N) is 1. The van der Waals surface area contributed by atoms with Gasteiger partial charge in [-0.15, -0.1) is 0 Å². The van der Waals surface area contributed by atoms with Gasteiger partial charge in [-0.25, -0.2) is 0 Å². The standard InChI is InChI=1S/C8H12N2O2/c1-6-9-7(11)8(10-6)2-4-12-5-3-8/h2-5H2,1H3,(H,9,10,11). The minimum atomic E-state index is -0.484. The minimum absolute atomic E-state index is 0.0447. The van der Waals surface area contributed by atoms with Crippen molar-refractivity contribution >= 4 is 11.7 Å². The second kappa shape index (κ2) is 2.55. The third-order valence-corrected chi connectivity index (χ3v) is 2.42. The number of hydrogen-bond donors (Lipinski definition) is 1. The van der Waals surface area contributed by atoms with E-state index in [1.54, 1.807) is 0 Å². The van der Waals surface area contributed by atoms with Crippen LogP contribution in [0.25, 0.3) is 0 Å². The van der Waals surface area contributed by atoms with E-state index in [9.17, 15) is 4.79 Å². The van der Waals surface area contributed by atoms with E-state index in [4.69, 9.17) is 4.74 Å². The van der Waals surface area contributed by atoms with Crippen LogP contribution in [0.3, 0.4) is 0 Å². The highest BCUT2D eigenvalue weighted by Gasteiger charge is 2.43. The Morgan fingerprint density at radius 1 is 1.50 bits per heavy atom. The number of amides is 1. The number of amidine groups is 1. The average molecular weight is 168 g/mol. The van der Waals surface area contributed by atoms with Crippen molar-refractivity contribution in [3.8, 4) is 0 Å². The zero-order valence-electron chi connectivity index (χ0n) is 7.09. The van der Waals surface area contributed by atoms with E-state index in [-0.39, 0.29) is 5.91 Å². The maximum Gasteiger partial charge on any atom is 0.253 e. The molecule has 1 spiro atoms. The van der Waals surface area contributed by atoms with Gasteiger partial charge in [-0.3, -0.25) is 9.79 Å². The molecule has 0 aromatic rings. The zero-order chi connectivity index (χ0) is 8.60.